The first kappa shape index (κ1) is 23.1. The van der Waals surface area contributed by atoms with Gasteiger partial charge in [-0.05, 0) is 25.2 Å². The van der Waals surface area contributed by atoms with Gasteiger partial charge in [0.1, 0.15) is 11.8 Å². The van der Waals surface area contributed by atoms with Gasteiger partial charge in [0.15, 0.2) is 3.79 Å². The summed E-state index contributed by atoms with van der Waals surface area (Å²) in [5.74, 6) is -0.662. The Morgan fingerprint density at radius 3 is 2.42 bits per heavy atom. The van der Waals surface area contributed by atoms with Crippen LogP contribution in [0, 0.1) is 5.92 Å². The number of imide groups is 1. The Kier molecular flexibility index (Phi) is 8.70. The van der Waals surface area contributed by atoms with Crippen LogP contribution >= 0.6 is 34.8 Å². The molecule has 9 heteroatoms. The van der Waals surface area contributed by atoms with Crippen molar-refractivity contribution in [2.75, 3.05) is 7.11 Å². The van der Waals surface area contributed by atoms with Crippen LogP contribution in [0.1, 0.15) is 46.5 Å². The number of hydrogen-bond acceptors (Lipinski definition) is 4. The topological polar surface area (TPSA) is 75.7 Å². The van der Waals surface area contributed by atoms with E-state index in [1.165, 1.54) is 13.2 Å². The number of methoxy groups -OCH3 is 1. The second-order valence-electron chi connectivity index (χ2n) is 6.57. The average molecular weight is 428 g/mol. The Labute approximate surface area is 169 Å². The van der Waals surface area contributed by atoms with Crippen LogP contribution in [0.15, 0.2) is 11.8 Å². The van der Waals surface area contributed by atoms with E-state index in [1.54, 1.807) is 6.92 Å². The fourth-order valence-electron chi connectivity index (χ4n) is 2.72. The first-order chi connectivity index (χ1) is 12.0. The van der Waals surface area contributed by atoms with Crippen molar-refractivity contribution >= 4 is 52.5 Å². The number of ether oxygens (including phenoxy) is 1. The minimum Gasteiger partial charge on any atom is -0.499 e. The molecule has 0 unspecified atom stereocenters. The van der Waals surface area contributed by atoms with Crippen molar-refractivity contribution in [3.8, 4) is 0 Å². The summed E-state index contributed by atoms with van der Waals surface area (Å²) in [5.41, 5.74) is 0. The van der Waals surface area contributed by atoms with E-state index >= 15 is 0 Å². The number of hydrogen-bond donors (Lipinski definition) is 1. The minimum atomic E-state index is -1.56. The lowest BCUT2D eigenvalue weighted by Crippen LogP contribution is -2.52. The molecule has 3 amide bonds. The van der Waals surface area contributed by atoms with Gasteiger partial charge in [-0.25, -0.2) is 0 Å². The third-order valence-electron chi connectivity index (χ3n) is 3.98. The predicted octanol–water partition coefficient (Wildman–Crippen LogP) is 3.35. The summed E-state index contributed by atoms with van der Waals surface area (Å²) >= 11 is 17.3. The van der Waals surface area contributed by atoms with Gasteiger partial charge in [0.2, 0.25) is 5.91 Å². The van der Waals surface area contributed by atoms with Crippen LogP contribution in [0.3, 0.4) is 0 Å². The number of amides is 3. The van der Waals surface area contributed by atoms with Crippen LogP contribution in [-0.4, -0.2) is 45.6 Å². The van der Waals surface area contributed by atoms with Crippen molar-refractivity contribution in [2.24, 2.45) is 5.92 Å². The number of nitrogens with zero attached hydrogens (tertiary/aromatic N) is 1. The van der Waals surface area contributed by atoms with Crippen molar-refractivity contribution in [3.63, 3.8) is 0 Å². The van der Waals surface area contributed by atoms with Crippen LogP contribution < -0.4 is 5.32 Å². The van der Waals surface area contributed by atoms with Gasteiger partial charge in [-0.3, -0.25) is 19.3 Å². The number of halogens is 3. The van der Waals surface area contributed by atoms with E-state index in [2.05, 4.69) is 5.32 Å². The van der Waals surface area contributed by atoms with Gasteiger partial charge in [0, 0.05) is 12.5 Å². The van der Waals surface area contributed by atoms with Gasteiger partial charge in [-0.2, -0.15) is 0 Å². The maximum atomic E-state index is 13.0. The first-order valence-electron chi connectivity index (χ1n) is 8.48. The zero-order valence-electron chi connectivity index (χ0n) is 15.4. The van der Waals surface area contributed by atoms with Gasteiger partial charge >= 0.3 is 0 Å². The second kappa shape index (κ2) is 9.81. The molecule has 1 rings (SSSR count). The van der Waals surface area contributed by atoms with Crippen LogP contribution in [0.5, 0.6) is 0 Å². The van der Waals surface area contributed by atoms with E-state index < -0.39 is 27.7 Å². The van der Waals surface area contributed by atoms with Crippen molar-refractivity contribution < 1.29 is 19.1 Å². The average Bonchev–Trinajstić information content (AvgIpc) is 2.84. The molecule has 148 valence electrons. The summed E-state index contributed by atoms with van der Waals surface area (Å²) in [6.07, 6.45) is 2.21. The normalized spacial score (nSPS) is 18.8. The molecule has 26 heavy (non-hydrogen) atoms. The molecule has 0 saturated carbocycles. The number of carbonyl (C=O) groups is 3. The highest BCUT2D eigenvalue weighted by Gasteiger charge is 2.41. The van der Waals surface area contributed by atoms with Gasteiger partial charge in [-0.1, -0.05) is 55.6 Å². The number of rotatable bonds is 8. The highest BCUT2D eigenvalue weighted by Crippen LogP contribution is 2.33. The molecule has 0 aliphatic carbocycles. The molecule has 0 fully saturated rings. The molecule has 2 atom stereocenters. The highest BCUT2D eigenvalue weighted by atomic mass is 35.6. The molecular weight excluding hydrogens is 403 g/mol. The monoisotopic (exact) mass is 426 g/mol. The third-order valence-corrected chi connectivity index (χ3v) is 4.55. The molecular formula is C17H25Cl3N2O4. The Morgan fingerprint density at radius 1 is 1.35 bits per heavy atom. The van der Waals surface area contributed by atoms with E-state index in [0.29, 0.717) is 12.2 Å². The predicted molar refractivity (Wildman–Crippen MR) is 102 cm³/mol. The fraction of sp³-hybridized carbons (Fsp3) is 0.706. The number of nitrogens with one attached hydrogen (secondary N) is 1. The lowest BCUT2D eigenvalue weighted by Gasteiger charge is -2.30. The van der Waals surface area contributed by atoms with Crippen LogP contribution in [0.2, 0.25) is 0 Å². The van der Waals surface area contributed by atoms with Crippen molar-refractivity contribution in [2.45, 2.75) is 62.3 Å². The first-order valence-corrected chi connectivity index (χ1v) is 9.62. The quantitative estimate of drug-likeness (QED) is 0.603. The molecule has 1 aliphatic heterocycles. The zero-order valence-corrected chi connectivity index (χ0v) is 17.6. The molecule has 0 bridgehead atoms. The van der Waals surface area contributed by atoms with Gasteiger partial charge in [0.05, 0.1) is 13.2 Å². The molecule has 0 radical (unpaired) electrons. The molecule has 1 N–H and O–H groups in total. The fourth-order valence-corrected chi connectivity index (χ4v) is 3.05. The lowest BCUT2D eigenvalue weighted by atomic mass is 10.0. The van der Waals surface area contributed by atoms with Gasteiger partial charge in [0.25, 0.3) is 11.8 Å². The minimum absolute atomic E-state index is 0.0551. The Morgan fingerprint density at radius 2 is 1.96 bits per heavy atom. The third kappa shape index (κ3) is 6.63. The molecule has 0 aromatic carbocycles. The summed E-state index contributed by atoms with van der Waals surface area (Å²) < 4.78 is 3.71. The molecule has 1 aliphatic rings. The second-order valence-corrected chi connectivity index (χ2v) is 9.09. The summed E-state index contributed by atoms with van der Waals surface area (Å²) in [4.78, 5) is 38.4. The van der Waals surface area contributed by atoms with Crippen molar-refractivity contribution in [1.82, 2.24) is 10.2 Å². The van der Waals surface area contributed by atoms with Crippen LogP contribution in [0.25, 0.3) is 0 Å². The van der Waals surface area contributed by atoms with E-state index in [0.717, 1.165) is 4.90 Å². The van der Waals surface area contributed by atoms with E-state index in [4.69, 9.17) is 39.5 Å². The largest absolute Gasteiger partial charge is 0.499 e. The SMILES string of the molecule is CCC(=O)N[C@@H](CCC(Cl)(Cl)Cl)C(=O)N1C(=O)C=C(OC)[C@H]1CC(C)C. The molecule has 6 nitrogen and oxygen atoms in total. The van der Waals surface area contributed by atoms with Crippen LogP contribution in [-0.2, 0) is 19.1 Å². The number of alkyl halides is 3. The van der Waals surface area contributed by atoms with Gasteiger partial charge < -0.3 is 10.1 Å². The highest BCUT2D eigenvalue weighted by molar-refractivity contribution is 6.67. The summed E-state index contributed by atoms with van der Waals surface area (Å²) in [5, 5.41) is 2.62. The molecule has 0 spiro atoms. The maximum Gasteiger partial charge on any atom is 0.257 e. The summed E-state index contributed by atoms with van der Waals surface area (Å²) in [6, 6.07) is -1.46. The van der Waals surface area contributed by atoms with Crippen molar-refractivity contribution in [1.29, 1.82) is 0 Å². The van der Waals surface area contributed by atoms with E-state index in [1.807, 2.05) is 13.8 Å². The zero-order chi connectivity index (χ0) is 20.1. The molecule has 0 aromatic heterocycles. The summed E-state index contributed by atoms with van der Waals surface area (Å²) in [7, 11) is 1.46. The van der Waals surface area contributed by atoms with Gasteiger partial charge in [-0.15, -0.1) is 0 Å². The van der Waals surface area contributed by atoms with Crippen molar-refractivity contribution in [3.05, 3.63) is 11.8 Å². The number of carbonyl (C=O) groups excluding carboxylic acids is 3. The smallest absolute Gasteiger partial charge is 0.257 e. The lowest BCUT2D eigenvalue weighted by molar-refractivity contribution is -0.146. The van der Waals surface area contributed by atoms with E-state index in [9.17, 15) is 14.4 Å². The standard InChI is InChI=1S/C17H25Cl3N2O4/c1-5-14(23)21-11(6-7-17(18,19)20)16(25)22-12(8-10(2)3)13(26-4)9-15(22)24/h9-12H,5-8H2,1-4H3,(H,21,23)/t11-,12+/m0/s1. The van der Waals surface area contributed by atoms with E-state index in [-0.39, 0.29) is 31.1 Å². The molecule has 0 aromatic rings. The van der Waals surface area contributed by atoms with Crippen LogP contribution in [0.4, 0.5) is 0 Å². The Hall–Kier alpha value is -0.980. The molecule has 1 heterocycles. The maximum absolute atomic E-state index is 13.0. The molecule has 0 saturated heterocycles. The Balaban J connectivity index is 3.05. The summed E-state index contributed by atoms with van der Waals surface area (Å²) in [6.45, 7) is 5.63. The Bertz CT molecular complexity index is 573.